The van der Waals surface area contributed by atoms with E-state index in [4.69, 9.17) is 5.11 Å². The van der Waals surface area contributed by atoms with Crippen LogP contribution in [-0.2, 0) is 16.0 Å². The molecule has 0 aliphatic heterocycles. The van der Waals surface area contributed by atoms with Gasteiger partial charge in [-0.05, 0) is 31.7 Å². The molecule has 1 aromatic carbocycles. The Bertz CT molecular complexity index is 403. The summed E-state index contributed by atoms with van der Waals surface area (Å²) in [5.74, 6) is -0.813. The first-order valence-corrected chi connectivity index (χ1v) is 6.63. The summed E-state index contributed by atoms with van der Waals surface area (Å²) in [4.78, 5) is 22.0. The fourth-order valence-electron chi connectivity index (χ4n) is 1.93. The van der Waals surface area contributed by atoms with Crippen LogP contribution in [0, 0.1) is 0 Å². The summed E-state index contributed by atoms with van der Waals surface area (Å²) < 4.78 is 0. The Morgan fingerprint density at radius 3 is 2.42 bits per heavy atom. The summed E-state index contributed by atoms with van der Waals surface area (Å²) >= 11 is 0. The van der Waals surface area contributed by atoms with Crippen molar-refractivity contribution in [3.63, 3.8) is 0 Å². The normalized spacial score (nSPS) is 11.8. The van der Waals surface area contributed by atoms with Gasteiger partial charge in [0.1, 0.15) is 0 Å². The van der Waals surface area contributed by atoms with Gasteiger partial charge in [-0.2, -0.15) is 0 Å². The Balaban J connectivity index is 2.19. The van der Waals surface area contributed by atoms with Gasteiger partial charge in [0.2, 0.25) is 5.91 Å². The van der Waals surface area contributed by atoms with Crippen LogP contribution in [0.4, 0.5) is 0 Å². The van der Waals surface area contributed by atoms with Crippen molar-refractivity contribution in [2.24, 2.45) is 0 Å². The van der Waals surface area contributed by atoms with Gasteiger partial charge in [-0.1, -0.05) is 30.3 Å². The van der Waals surface area contributed by atoms with Crippen LogP contribution in [0.2, 0.25) is 0 Å². The van der Waals surface area contributed by atoms with Gasteiger partial charge >= 0.3 is 5.97 Å². The highest BCUT2D eigenvalue weighted by atomic mass is 16.4. The second kappa shape index (κ2) is 8.29. The van der Waals surface area contributed by atoms with Gasteiger partial charge in [0.25, 0.3) is 0 Å². The maximum atomic E-state index is 11.6. The van der Waals surface area contributed by atoms with Crippen LogP contribution in [0.25, 0.3) is 0 Å². The quantitative estimate of drug-likeness (QED) is 0.708. The molecule has 0 spiro atoms. The standard InChI is InChI=1S/C15H21NO3/c1-12(11-13-7-3-2-4-8-13)16-14(17)9-5-6-10-15(18)19/h2-4,7-8,12H,5-6,9-11H2,1H3,(H,16,17)(H,18,19). The van der Waals surface area contributed by atoms with E-state index in [0.717, 1.165) is 6.42 Å². The van der Waals surface area contributed by atoms with Crippen molar-refractivity contribution in [1.29, 1.82) is 0 Å². The second-order valence-corrected chi connectivity index (χ2v) is 4.76. The lowest BCUT2D eigenvalue weighted by molar-refractivity contribution is -0.137. The largest absolute Gasteiger partial charge is 0.481 e. The predicted molar refractivity (Wildman–Crippen MR) is 73.9 cm³/mol. The number of benzene rings is 1. The minimum Gasteiger partial charge on any atom is -0.481 e. The average molecular weight is 263 g/mol. The van der Waals surface area contributed by atoms with Gasteiger partial charge in [0.05, 0.1) is 0 Å². The second-order valence-electron chi connectivity index (χ2n) is 4.76. The lowest BCUT2D eigenvalue weighted by Crippen LogP contribution is -2.33. The summed E-state index contributed by atoms with van der Waals surface area (Å²) in [6.45, 7) is 1.97. The highest BCUT2D eigenvalue weighted by Gasteiger charge is 2.08. The van der Waals surface area contributed by atoms with Gasteiger partial charge < -0.3 is 10.4 Å². The molecule has 1 atom stereocenters. The molecule has 2 N–H and O–H groups in total. The molecule has 104 valence electrons. The van der Waals surface area contributed by atoms with Crippen LogP contribution in [0.5, 0.6) is 0 Å². The van der Waals surface area contributed by atoms with Crippen molar-refractivity contribution in [2.45, 2.75) is 45.1 Å². The fraction of sp³-hybridized carbons (Fsp3) is 0.467. The van der Waals surface area contributed by atoms with Crippen LogP contribution in [0.1, 0.15) is 38.2 Å². The molecule has 0 fully saturated rings. The van der Waals surface area contributed by atoms with Crippen molar-refractivity contribution in [2.75, 3.05) is 0 Å². The third kappa shape index (κ3) is 7.24. The van der Waals surface area contributed by atoms with Crippen LogP contribution >= 0.6 is 0 Å². The number of amides is 1. The number of carbonyl (C=O) groups is 2. The van der Waals surface area contributed by atoms with E-state index in [9.17, 15) is 9.59 Å². The maximum absolute atomic E-state index is 11.6. The fourth-order valence-corrected chi connectivity index (χ4v) is 1.93. The Labute approximate surface area is 113 Å². The third-order valence-electron chi connectivity index (χ3n) is 2.84. The number of rotatable bonds is 8. The molecular formula is C15H21NO3. The molecule has 0 saturated carbocycles. The molecule has 19 heavy (non-hydrogen) atoms. The number of hydrogen-bond acceptors (Lipinski definition) is 2. The SMILES string of the molecule is CC(Cc1ccccc1)NC(=O)CCCCC(=O)O. The molecule has 0 aliphatic carbocycles. The van der Waals surface area contributed by atoms with E-state index in [1.807, 2.05) is 37.3 Å². The number of hydrogen-bond donors (Lipinski definition) is 2. The summed E-state index contributed by atoms with van der Waals surface area (Å²) in [5, 5.41) is 11.4. The lowest BCUT2D eigenvalue weighted by Gasteiger charge is -2.13. The first kappa shape index (κ1) is 15.2. The summed E-state index contributed by atoms with van der Waals surface area (Å²) in [6, 6.07) is 10.1. The van der Waals surface area contributed by atoms with Crippen molar-refractivity contribution in [1.82, 2.24) is 5.32 Å². The molecule has 4 heteroatoms. The van der Waals surface area contributed by atoms with E-state index in [1.165, 1.54) is 5.56 Å². The van der Waals surface area contributed by atoms with Crippen LogP contribution < -0.4 is 5.32 Å². The average Bonchev–Trinajstić information content (AvgIpc) is 2.35. The van der Waals surface area contributed by atoms with Crippen molar-refractivity contribution >= 4 is 11.9 Å². The molecule has 0 aliphatic rings. The Morgan fingerprint density at radius 2 is 1.79 bits per heavy atom. The number of carboxylic acids is 1. The molecule has 1 aromatic rings. The molecule has 0 heterocycles. The zero-order chi connectivity index (χ0) is 14.1. The first-order chi connectivity index (χ1) is 9.08. The maximum Gasteiger partial charge on any atom is 0.303 e. The van der Waals surface area contributed by atoms with Crippen LogP contribution in [0.3, 0.4) is 0 Å². The molecule has 0 aromatic heterocycles. The van der Waals surface area contributed by atoms with E-state index in [1.54, 1.807) is 0 Å². The summed E-state index contributed by atoms with van der Waals surface area (Å²) in [7, 11) is 0. The molecule has 4 nitrogen and oxygen atoms in total. The van der Waals surface area contributed by atoms with Crippen molar-refractivity contribution < 1.29 is 14.7 Å². The van der Waals surface area contributed by atoms with E-state index in [0.29, 0.717) is 19.3 Å². The van der Waals surface area contributed by atoms with E-state index >= 15 is 0 Å². The molecule has 1 unspecified atom stereocenters. The molecule has 0 bridgehead atoms. The topological polar surface area (TPSA) is 66.4 Å². The highest BCUT2D eigenvalue weighted by molar-refractivity contribution is 5.76. The highest BCUT2D eigenvalue weighted by Crippen LogP contribution is 2.04. The Hall–Kier alpha value is -1.84. The Morgan fingerprint density at radius 1 is 1.16 bits per heavy atom. The van der Waals surface area contributed by atoms with Gasteiger partial charge in [-0.3, -0.25) is 9.59 Å². The number of unbranched alkanes of at least 4 members (excludes halogenated alkanes) is 1. The zero-order valence-corrected chi connectivity index (χ0v) is 11.3. The zero-order valence-electron chi connectivity index (χ0n) is 11.3. The molecular weight excluding hydrogens is 242 g/mol. The number of carboxylic acid groups (broad SMARTS) is 1. The lowest BCUT2D eigenvalue weighted by atomic mass is 10.1. The van der Waals surface area contributed by atoms with Crippen molar-refractivity contribution in [3.05, 3.63) is 35.9 Å². The predicted octanol–water partition coefficient (Wildman–Crippen LogP) is 2.38. The summed E-state index contributed by atoms with van der Waals surface area (Å²) in [5.41, 5.74) is 1.20. The third-order valence-corrected chi connectivity index (χ3v) is 2.84. The van der Waals surface area contributed by atoms with Crippen LogP contribution in [0.15, 0.2) is 30.3 Å². The molecule has 1 amide bonds. The first-order valence-electron chi connectivity index (χ1n) is 6.63. The molecule has 1 rings (SSSR count). The number of carbonyl (C=O) groups excluding carboxylic acids is 1. The molecule has 0 saturated heterocycles. The number of nitrogens with one attached hydrogen (secondary N) is 1. The van der Waals surface area contributed by atoms with E-state index < -0.39 is 5.97 Å². The van der Waals surface area contributed by atoms with Gasteiger partial charge in [0, 0.05) is 18.9 Å². The summed E-state index contributed by atoms with van der Waals surface area (Å²) in [6.07, 6.45) is 2.51. The molecule has 0 radical (unpaired) electrons. The Kier molecular flexibility index (Phi) is 6.64. The van der Waals surface area contributed by atoms with Gasteiger partial charge in [-0.15, -0.1) is 0 Å². The van der Waals surface area contributed by atoms with Gasteiger partial charge in [0.15, 0.2) is 0 Å². The van der Waals surface area contributed by atoms with Gasteiger partial charge in [-0.25, -0.2) is 0 Å². The number of aliphatic carboxylic acids is 1. The van der Waals surface area contributed by atoms with E-state index in [-0.39, 0.29) is 18.4 Å². The van der Waals surface area contributed by atoms with Crippen LogP contribution in [-0.4, -0.2) is 23.0 Å². The monoisotopic (exact) mass is 263 g/mol. The minimum absolute atomic E-state index is 0.00572. The minimum atomic E-state index is -0.808. The van der Waals surface area contributed by atoms with Crippen molar-refractivity contribution in [3.8, 4) is 0 Å². The smallest absolute Gasteiger partial charge is 0.303 e. The van der Waals surface area contributed by atoms with E-state index in [2.05, 4.69) is 5.32 Å².